The molecule has 4 N–H and O–H groups in total. The molecule has 1 aliphatic heterocycles. The standard InChI is InChI=1S/C31H46N4O4S/c1-31(2,3)33-30(37)29-19-24-11-7-8-12-25(24)20-34(29)21-27(36)22-35(18-17-23-9-5-4-6-10-23)40(38,39)28-15-13-26(32)14-16-28/h4-6,9-10,13-16,24-25,27,29,36H,7-8,11-12,17-22,32H2,1-3H3,(H,33,37)/t24-,25+,27+,29-/m0/s1. The minimum Gasteiger partial charge on any atom is -0.399 e. The lowest BCUT2D eigenvalue weighted by Gasteiger charge is -2.46. The van der Waals surface area contributed by atoms with Crippen molar-refractivity contribution in [2.24, 2.45) is 11.8 Å². The Balaban J connectivity index is 1.52. The number of nitrogens with one attached hydrogen (secondary N) is 1. The Morgan fingerprint density at radius 2 is 1.73 bits per heavy atom. The van der Waals surface area contributed by atoms with Gasteiger partial charge < -0.3 is 16.2 Å². The van der Waals surface area contributed by atoms with E-state index in [1.54, 1.807) is 12.1 Å². The molecular weight excluding hydrogens is 524 g/mol. The third kappa shape index (κ3) is 8.06. The zero-order chi connectivity index (χ0) is 28.9. The first-order chi connectivity index (χ1) is 18.9. The summed E-state index contributed by atoms with van der Waals surface area (Å²) in [6.45, 7) is 7.09. The van der Waals surface area contributed by atoms with Gasteiger partial charge in [0.2, 0.25) is 15.9 Å². The van der Waals surface area contributed by atoms with Crippen molar-refractivity contribution in [3.63, 3.8) is 0 Å². The van der Waals surface area contributed by atoms with E-state index in [0.717, 1.165) is 31.4 Å². The Hall–Kier alpha value is -2.46. The highest BCUT2D eigenvalue weighted by Gasteiger charge is 2.41. The summed E-state index contributed by atoms with van der Waals surface area (Å²) in [6, 6.07) is 15.6. The van der Waals surface area contributed by atoms with Crippen LogP contribution in [0.1, 0.15) is 58.4 Å². The van der Waals surface area contributed by atoms with Gasteiger partial charge in [0.1, 0.15) is 0 Å². The van der Waals surface area contributed by atoms with E-state index >= 15 is 0 Å². The van der Waals surface area contributed by atoms with Gasteiger partial charge in [-0.15, -0.1) is 0 Å². The molecule has 8 nitrogen and oxygen atoms in total. The first kappa shape index (κ1) is 30.5. The zero-order valence-corrected chi connectivity index (χ0v) is 24.9. The van der Waals surface area contributed by atoms with Gasteiger partial charge in [0, 0.05) is 37.4 Å². The average molecular weight is 571 g/mol. The predicted octanol–water partition coefficient (Wildman–Crippen LogP) is 3.66. The summed E-state index contributed by atoms with van der Waals surface area (Å²) >= 11 is 0. The summed E-state index contributed by atoms with van der Waals surface area (Å²) < 4.78 is 28.8. The highest BCUT2D eigenvalue weighted by Crippen LogP contribution is 2.39. The number of likely N-dealkylation sites (tertiary alicyclic amines) is 1. The van der Waals surface area contributed by atoms with Crippen LogP contribution in [0, 0.1) is 11.8 Å². The van der Waals surface area contributed by atoms with Crippen molar-refractivity contribution in [1.29, 1.82) is 0 Å². The van der Waals surface area contributed by atoms with Gasteiger partial charge in [-0.3, -0.25) is 9.69 Å². The van der Waals surface area contributed by atoms with E-state index in [0.29, 0.717) is 23.9 Å². The molecule has 0 spiro atoms. The van der Waals surface area contributed by atoms with Crippen LogP contribution in [0.5, 0.6) is 0 Å². The Morgan fingerprint density at radius 1 is 1.07 bits per heavy atom. The summed E-state index contributed by atoms with van der Waals surface area (Å²) in [4.78, 5) is 15.6. The number of β-amino-alcohol motifs (C(OH)–C–C–N with tert-alkyl or cyclic N) is 1. The van der Waals surface area contributed by atoms with Crippen molar-refractivity contribution in [2.75, 3.05) is 31.9 Å². The van der Waals surface area contributed by atoms with Crippen LogP contribution in [0.15, 0.2) is 59.5 Å². The van der Waals surface area contributed by atoms with Crippen LogP contribution in [0.3, 0.4) is 0 Å². The van der Waals surface area contributed by atoms with Crippen molar-refractivity contribution in [2.45, 2.75) is 81.9 Å². The van der Waals surface area contributed by atoms with Crippen LogP contribution in [-0.4, -0.2) is 72.5 Å². The van der Waals surface area contributed by atoms with E-state index in [1.807, 2.05) is 51.1 Å². The number of aliphatic hydroxyl groups is 1. The summed E-state index contributed by atoms with van der Waals surface area (Å²) in [7, 11) is -3.88. The normalized spacial score (nSPS) is 23.0. The first-order valence-corrected chi connectivity index (χ1v) is 16.0. The lowest BCUT2D eigenvalue weighted by Crippen LogP contribution is -2.59. The van der Waals surface area contributed by atoms with Gasteiger partial charge in [-0.25, -0.2) is 8.42 Å². The van der Waals surface area contributed by atoms with Crippen molar-refractivity contribution in [3.05, 3.63) is 60.2 Å². The van der Waals surface area contributed by atoms with Crippen molar-refractivity contribution >= 4 is 21.6 Å². The lowest BCUT2D eigenvalue weighted by molar-refractivity contribution is -0.132. The maximum Gasteiger partial charge on any atom is 0.243 e. The Labute approximate surface area is 240 Å². The van der Waals surface area contributed by atoms with E-state index in [-0.39, 0.29) is 42.0 Å². The molecule has 9 heteroatoms. The van der Waals surface area contributed by atoms with Crippen molar-refractivity contribution in [1.82, 2.24) is 14.5 Å². The number of hydrogen-bond acceptors (Lipinski definition) is 6. The van der Waals surface area contributed by atoms with Gasteiger partial charge in [-0.2, -0.15) is 4.31 Å². The minimum atomic E-state index is -3.88. The molecule has 220 valence electrons. The number of aliphatic hydroxyl groups excluding tert-OH is 1. The zero-order valence-electron chi connectivity index (χ0n) is 24.1. The van der Waals surface area contributed by atoms with Crippen LogP contribution in [0.2, 0.25) is 0 Å². The molecule has 1 saturated carbocycles. The fourth-order valence-electron chi connectivity index (χ4n) is 6.19. The molecule has 1 heterocycles. The molecule has 1 saturated heterocycles. The fourth-order valence-corrected chi connectivity index (χ4v) is 7.67. The Bertz CT molecular complexity index is 1210. The number of rotatable bonds is 10. The fraction of sp³-hybridized carbons (Fsp3) is 0.581. The second-order valence-electron chi connectivity index (χ2n) is 12.6. The number of fused-ring (bicyclic) bond motifs is 1. The molecule has 4 rings (SSSR count). The molecule has 1 aliphatic carbocycles. The van der Waals surface area contributed by atoms with Crippen LogP contribution >= 0.6 is 0 Å². The van der Waals surface area contributed by atoms with E-state index < -0.39 is 16.1 Å². The van der Waals surface area contributed by atoms with Gasteiger partial charge in [-0.1, -0.05) is 49.6 Å². The Morgan fingerprint density at radius 3 is 2.38 bits per heavy atom. The van der Waals surface area contributed by atoms with Crippen LogP contribution in [-0.2, 0) is 21.2 Å². The highest BCUT2D eigenvalue weighted by molar-refractivity contribution is 7.89. The van der Waals surface area contributed by atoms with E-state index in [2.05, 4.69) is 10.2 Å². The molecule has 40 heavy (non-hydrogen) atoms. The number of anilines is 1. The van der Waals surface area contributed by atoms with Gasteiger partial charge >= 0.3 is 0 Å². The second kappa shape index (κ2) is 13.0. The molecule has 1 amide bonds. The Kier molecular flexibility index (Phi) is 9.93. The van der Waals surface area contributed by atoms with Crippen molar-refractivity contribution < 1.29 is 18.3 Å². The average Bonchev–Trinajstić information content (AvgIpc) is 2.90. The van der Waals surface area contributed by atoms with Crippen molar-refractivity contribution in [3.8, 4) is 0 Å². The number of nitrogens with zero attached hydrogens (tertiary/aromatic N) is 2. The van der Waals surface area contributed by atoms with Crippen LogP contribution < -0.4 is 11.1 Å². The molecule has 0 bridgehead atoms. The number of hydrogen-bond donors (Lipinski definition) is 3. The lowest BCUT2D eigenvalue weighted by atomic mass is 9.72. The minimum absolute atomic E-state index is 0.0147. The highest BCUT2D eigenvalue weighted by atomic mass is 32.2. The summed E-state index contributed by atoms with van der Waals surface area (Å²) in [5.41, 5.74) is 6.95. The number of amides is 1. The molecule has 2 aromatic carbocycles. The number of carbonyl (C=O) groups is 1. The number of sulfonamides is 1. The molecule has 0 radical (unpaired) electrons. The maximum atomic E-state index is 13.7. The molecule has 0 aromatic heterocycles. The monoisotopic (exact) mass is 570 g/mol. The molecule has 0 unspecified atom stereocenters. The van der Waals surface area contributed by atoms with E-state index in [1.165, 1.54) is 29.3 Å². The summed E-state index contributed by atoms with van der Waals surface area (Å²) in [6.07, 6.45) is 5.03. The SMILES string of the molecule is CC(C)(C)NC(=O)[C@@H]1C[C@@H]2CCCC[C@@H]2CN1C[C@@H](O)CN(CCc1ccccc1)S(=O)(=O)c1ccc(N)cc1. The van der Waals surface area contributed by atoms with Gasteiger partial charge in [-0.05, 0) is 81.7 Å². The molecule has 2 aliphatic rings. The van der Waals surface area contributed by atoms with Gasteiger partial charge in [0.05, 0.1) is 17.0 Å². The number of piperidine rings is 1. The smallest absolute Gasteiger partial charge is 0.243 e. The van der Waals surface area contributed by atoms with E-state index in [9.17, 15) is 18.3 Å². The second-order valence-corrected chi connectivity index (χ2v) is 14.5. The topological polar surface area (TPSA) is 116 Å². The van der Waals surface area contributed by atoms with E-state index in [4.69, 9.17) is 5.73 Å². The van der Waals surface area contributed by atoms with Crippen LogP contribution in [0.4, 0.5) is 5.69 Å². The van der Waals surface area contributed by atoms with Gasteiger partial charge in [0.25, 0.3) is 0 Å². The molecule has 4 atom stereocenters. The third-order valence-electron chi connectivity index (χ3n) is 8.17. The van der Waals surface area contributed by atoms with Gasteiger partial charge in [0.15, 0.2) is 0 Å². The predicted molar refractivity (Wildman–Crippen MR) is 159 cm³/mol. The third-order valence-corrected chi connectivity index (χ3v) is 10.1. The maximum absolute atomic E-state index is 13.7. The molecular formula is C31H46N4O4S. The number of nitrogen functional groups attached to an aromatic ring is 1. The van der Waals surface area contributed by atoms with Crippen LogP contribution in [0.25, 0.3) is 0 Å². The number of carbonyl (C=O) groups excluding carboxylic acids is 1. The molecule has 2 aromatic rings. The number of benzene rings is 2. The summed E-state index contributed by atoms with van der Waals surface area (Å²) in [5.74, 6) is 1.01. The first-order valence-electron chi connectivity index (χ1n) is 14.6. The summed E-state index contributed by atoms with van der Waals surface area (Å²) in [5, 5.41) is 14.5. The quantitative estimate of drug-likeness (QED) is 0.376. The largest absolute Gasteiger partial charge is 0.399 e. The number of nitrogens with two attached hydrogens (primary N) is 1. The molecule has 2 fully saturated rings.